The number of esters is 1. The highest BCUT2D eigenvalue weighted by Crippen LogP contribution is 2.58. The molecule has 0 N–H and O–H groups in total. The van der Waals surface area contributed by atoms with Crippen molar-refractivity contribution in [1.82, 2.24) is 0 Å². The largest absolute Gasteiger partial charge is 0.459 e. The SMILES string of the molecule is CCC(CC)CC(C)C(=O)OCC(F)(F)C(F)(F)C(F)(F)C(F)(F)C(F)(F)C(F)F. The summed E-state index contributed by atoms with van der Waals surface area (Å²) in [6.45, 7) is 1.72. The Kier molecular flexibility index (Phi) is 8.98. The number of carbonyl (C=O) groups excluding carboxylic acids is 1. The number of alkyl halides is 12. The van der Waals surface area contributed by atoms with Gasteiger partial charge in [0.15, 0.2) is 6.61 Å². The summed E-state index contributed by atoms with van der Waals surface area (Å²) in [5.41, 5.74) is 0. The van der Waals surface area contributed by atoms with Crippen LogP contribution in [-0.2, 0) is 9.53 Å². The van der Waals surface area contributed by atoms with Gasteiger partial charge in [0.1, 0.15) is 0 Å². The Balaban J connectivity index is 5.59. The van der Waals surface area contributed by atoms with Crippen molar-refractivity contribution in [2.45, 2.75) is 76.1 Å². The summed E-state index contributed by atoms with van der Waals surface area (Å²) in [4.78, 5) is 11.6. The fraction of sp³-hybridized carbons (Fsp3) is 0.938. The zero-order chi connectivity index (χ0) is 24.3. The molecule has 0 amide bonds. The average molecular weight is 472 g/mol. The van der Waals surface area contributed by atoms with E-state index in [-0.39, 0.29) is 12.3 Å². The van der Waals surface area contributed by atoms with Gasteiger partial charge in [0.05, 0.1) is 5.92 Å². The molecule has 2 nitrogen and oxygen atoms in total. The molecule has 0 rings (SSSR count). The Morgan fingerprint density at radius 1 is 0.800 bits per heavy atom. The van der Waals surface area contributed by atoms with E-state index in [1.807, 2.05) is 0 Å². The molecule has 0 aliphatic heterocycles. The van der Waals surface area contributed by atoms with E-state index >= 15 is 0 Å². The van der Waals surface area contributed by atoms with E-state index in [9.17, 15) is 57.5 Å². The summed E-state index contributed by atoms with van der Waals surface area (Å²) in [5.74, 6) is -38.6. The standard InChI is InChI=1S/C16H20F12O2/c1-4-9(5-2)6-8(3)10(29)30-7-12(19,20)14(23,24)16(27,28)15(25,26)13(21,22)11(17)18/h8-9,11H,4-7H2,1-3H3. The van der Waals surface area contributed by atoms with E-state index in [2.05, 4.69) is 4.74 Å². The van der Waals surface area contributed by atoms with E-state index in [0.717, 1.165) is 6.92 Å². The van der Waals surface area contributed by atoms with Crippen LogP contribution in [0.3, 0.4) is 0 Å². The highest BCUT2D eigenvalue weighted by molar-refractivity contribution is 5.72. The molecule has 0 saturated carbocycles. The van der Waals surface area contributed by atoms with E-state index in [1.54, 1.807) is 13.8 Å². The third kappa shape index (κ3) is 5.09. The van der Waals surface area contributed by atoms with E-state index in [0.29, 0.717) is 12.8 Å². The second-order valence-corrected chi connectivity index (χ2v) is 6.78. The Morgan fingerprint density at radius 2 is 1.23 bits per heavy atom. The van der Waals surface area contributed by atoms with E-state index in [4.69, 9.17) is 0 Å². The molecular formula is C16H20F12O2. The summed E-state index contributed by atoms with van der Waals surface area (Å²) in [6.07, 6.45) is -4.43. The summed E-state index contributed by atoms with van der Waals surface area (Å²) >= 11 is 0. The minimum absolute atomic E-state index is 0.0443. The second kappa shape index (κ2) is 9.41. The molecule has 30 heavy (non-hydrogen) atoms. The maximum atomic E-state index is 13.6. The van der Waals surface area contributed by atoms with Gasteiger partial charge in [-0.25, -0.2) is 8.78 Å². The third-order valence-corrected chi connectivity index (χ3v) is 4.58. The molecule has 0 fully saturated rings. The molecule has 180 valence electrons. The van der Waals surface area contributed by atoms with Crippen LogP contribution in [-0.4, -0.2) is 48.6 Å². The molecule has 0 spiro atoms. The fourth-order valence-electron chi connectivity index (χ4n) is 2.39. The molecule has 1 unspecified atom stereocenters. The van der Waals surface area contributed by atoms with E-state index in [1.165, 1.54) is 0 Å². The summed E-state index contributed by atoms with van der Waals surface area (Å²) in [7, 11) is 0. The highest BCUT2D eigenvalue weighted by Gasteiger charge is 2.87. The maximum Gasteiger partial charge on any atom is 0.384 e. The van der Waals surface area contributed by atoms with Gasteiger partial charge in [-0.1, -0.05) is 33.6 Å². The van der Waals surface area contributed by atoms with Crippen LogP contribution in [0.15, 0.2) is 0 Å². The minimum atomic E-state index is -7.63. The molecule has 1 atom stereocenters. The quantitative estimate of drug-likeness (QED) is 0.242. The van der Waals surface area contributed by atoms with Crippen molar-refractivity contribution in [3.63, 3.8) is 0 Å². The second-order valence-electron chi connectivity index (χ2n) is 6.78. The molecule has 0 saturated heterocycles. The lowest BCUT2D eigenvalue weighted by Gasteiger charge is -2.38. The molecule has 0 aliphatic carbocycles. The number of halogens is 12. The van der Waals surface area contributed by atoms with Gasteiger partial charge in [-0.15, -0.1) is 0 Å². The Hall–Kier alpha value is -1.37. The predicted molar refractivity (Wildman–Crippen MR) is 79.6 cm³/mol. The molecule has 0 heterocycles. The van der Waals surface area contributed by atoms with Gasteiger partial charge >= 0.3 is 42.0 Å². The van der Waals surface area contributed by atoms with Crippen LogP contribution in [0.5, 0.6) is 0 Å². The van der Waals surface area contributed by atoms with Gasteiger partial charge in [0, 0.05) is 0 Å². The van der Waals surface area contributed by atoms with Crippen molar-refractivity contribution < 1.29 is 62.2 Å². The lowest BCUT2D eigenvalue weighted by molar-refractivity contribution is -0.414. The van der Waals surface area contributed by atoms with Crippen LogP contribution in [0.2, 0.25) is 0 Å². The monoisotopic (exact) mass is 472 g/mol. The molecule has 0 aromatic heterocycles. The summed E-state index contributed by atoms with van der Waals surface area (Å²) in [6, 6.07) is 0. The maximum absolute atomic E-state index is 13.6. The lowest BCUT2D eigenvalue weighted by Crippen LogP contribution is -2.69. The minimum Gasteiger partial charge on any atom is -0.459 e. The van der Waals surface area contributed by atoms with Crippen molar-refractivity contribution >= 4 is 5.97 Å². The zero-order valence-electron chi connectivity index (χ0n) is 15.9. The van der Waals surface area contributed by atoms with Crippen molar-refractivity contribution in [2.24, 2.45) is 11.8 Å². The summed E-state index contributed by atoms with van der Waals surface area (Å²) < 4.78 is 160. The third-order valence-electron chi connectivity index (χ3n) is 4.58. The number of ether oxygens (including phenoxy) is 1. The number of rotatable bonds is 12. The van der Waals surface area contributed by atoms with Gasteiger partial charge in [-0.05, 0) is 12.3 Å². The Labute approximate surface area is 163 Å². The van der Waals surface area contributed by atoms with Gasteiger partial charge < -0.3 is 4.74 Å². The van der Waals surface area contributed by atoms with Gasteiger partial charge in [0.25, 0.3) is 0 Å². The highest BCUT2D eigenvalue weighted by atomic mass is 19.4. The van der Waals surface area contributed by atoms with Crippen molar-refractivity contribution in [1.29, 1.82) is 0 Å². The van der Waals surface area contributed by atoms with Crippen molar-refractivity contribution in [3.05, 3.63) is 0 Å². The summed E-state index contributed by atoms with van der Waals surface area (Å²) in [5, 5.41) is 0. The average Bonchev–Trinajstić information content (AvgIpc) is 2.62. The predicted octanol–water partition coefficient (Wildman–Crippen LogP) is 6.43. The fourth-order valence-corrected chi connectivity index (χ4v) is 2.39. The van der Waals surface area contributed by atoms with Crippen LogP contribution < -0.4 is 0 Å². The van der Waals surface area contributed by atoms with Crippen LogP contribution in [0.1, 0.15) is 40.0 Å². The number of hydrogen-bond acceptors (Lipinski definition) is 2. The van der Waals surface area contributed by atoms with Crippen LogP contribution >= 0.6 is 0 Å². The van der Waals surface area contributed by atoms with E-state index < -0.39 is 54.5 Å². The lowest BCUT2D eigenvalue weighted by atomic mass is 9.91. The van der Waals surface area contributed by atoms with Gasteiger partial charge in [-0.3, -0.25) is 4.79 Å². The first-order chi connectivity index (χ1) is 13.2. The topological polar surface area (TPSA) is 26.3 Å². The van der Waals surface area contributed by atoms with Crippen molar-refractivity contribution in [3.8, 4) is 0 Å². The normalized spacial score (nSPS) is 15.6. The molecule has 0 aliphatic rings. The molecule has 0 radical (unpaired) electrons. The molecule has 0 bridgehead atoms. The van der Waals surface area contributed by atoms with Crippen LogP contribution in [0.4, 0.5) is 52.7 Å². The first-order valence-electron chi connectivity index (χ1n) is 8.58. The van der Waals surface area contributed by atoms with Crippen LogP contribution in [0.25, 0.3) is 0 Å². The number of hydrogen-bond donors (Lipinski definition) is 0. The molecule has 0 aromatic rings. The van der Waals surface area contributed by atoms with Crippen molar-refractivity contribution in [2.75, 3.05) is 6.61 Å². The first-order valence-corrected chi connectivity index (χ1v) is 8.58. The van der Waals surface area contributed by atoms with Gasteiger partial charge in [0.2, 0.25) is 0 Å². The molecular weight excluding hydrogens is 452 g/mol. The number of carbonyl (C=O) groups is 1. The Morgan fingerprint density at radius 3 is 1.60 bits per heavy atom. The van der Waals surface area contributed by atoms with Gasteiger partial charge in [-0.2, -0.15) is 43.9 Å². The van der Waals surface area contributed by atoms with Crippen LogP contribution in [0, 0.1) is 11.8 Å². The molecule has 0 aromatic carbocycles. The smallest absolute Gasteiger partial charge is 0.384 e. The zero-order valence-corrected chi connectivity index (χ0v) is 15.9. The molecule has 14 heteroatoms. The first kappa shape index (κ1) is 28.6. The Bertz CT molecular complexity index is 573.